The van der Waals surface area contributed by atoms with Gasteiger partial charge in [-0.15, -0.1) is 0 Å². The molecule has 1 aliphatic heterocycles. The predicted molar refractivity (Wildman–Crippen MR) is 133 cm³/mol. The standard InChI is InChI=1S/C23H31ClN8O3/c1-14-2-4-15(5-3-14)11-28-19-18(16-10-17(24)13-27-12-16)29-22(20(25)35-23(26)33)30-21(19)31-32-6-8-34-9-7-32/h10,12-15,25,28H,2-9,11H2,1H3,(H2,26,33)(H,29,30,31). The second kappa shape index (κ2) is 11.6. The highest BCUT2D eigenvalue weighted by Crippen LogP contribution is 2.35. The quantitative estimate of drug-likeness (QED) is 0.329. The van der Waals surface area contributed by atoms with Crippen molar-refractivity contribution >= 4 is 35.1 Å². The smallest absolute Gasteiger partial charge is 0.388 e. The van der Waals surface area contributed by atoms with Crippen molar-refractivity contribution in [3.63, 3.8) is 0 Å². The topological polar surface area (TPSA) is 151 Å². The summed E-state index contributed by atoms with van der Waals surface area (Å²) in [6.07, 6.45) is 6.81. The summed E-state index contributed by atoms with van der Waals surface area (Å²) in [6, 6.07) is 1.74. The number of hydrazine groups is 1. The Kier molecular flexibility index (Phi) is 8.32. The van der Waals surface area contributed by atoms with Crippen molar-refractivity contribution < 1.29 is 14.3 Å². The number of carbonyl (C=O) groups excluding carboxylic acids is 1. The normalized spacial score (nSPS) is 20.7. The second-order valence-electron chi connectivity index (χ2n) is 8.98. The molecule has 0 atom stereocenters. The Morgan fingerprint density at radius 1 is 1.26 bits per heavy atom. The molecule has 0 radical (unpaired) electrons. The molecular formula is C23H31ClN8O3. The number of nitrogens with one attached hydrogen (secondary N) is 3. The predicted octanol–water partition coefficient (Wildman–Crippen LogP) is 3.51. The zero-order valence-electron chi connectivity index (χ0n) is 19.7. The highest BCUT2D eigenvalue weighted by atomic mass is 35.5. The Bertz CT molecular complexity index is 1060. The van der Waals surface area contributed by atoms with Crippen molar-refractivity contribution in [3.8, 4) is 11.3 Å². The fourth-order valence-electron chi connectivity index (χ4n) is 4.31. The Hall–Kier alpha value is -3.02. The summed E-state index contributed by atoms with van der Waals surface area (Å²) < 4.78 is 10.2. The van der Waals surface area contributed by atoms with Crippen molar-refractivity contribution in [3.05, 3.63) is 29.3 Å². The molecule has 35 heavy (non-hydrogen) atoms. The van der Waals surface area contributed by atoms with E-state index in [1.165, 1.54) is 19.0 Å². The number of hydrogen-bond acceptors (Lipinski definition) is 10. The number of primary amides is 1. The monoisotopic (exact) mass is 502 g/mol. The van der Waals surface area contributed by atoms with E-state index in [0.29, 0.717) is 60.0 Å². The van der Waals surface area contributed by atoms with Crippen LogP contribution in [0.1, 0.15) is 38.4 Å². The number of amides is 1. The van der Waals surface area contributed by atoms with Crippen LogP contribution < -0.4 is 16.5 Å². The second-order valence-corrected chi connectivity index (χ2v) is 9.42. The van der Waals surface area contributed by atoms with Gasteiger partial charge in [0, 0.05) is 37.6 Å². The first kappa shape index (κ1) is 25.1. The summed E-state index contributed by atoms with van der Waals surface area (Å²) in [7, 11) is 0. The maximum Gasteiger partial charge on any atom is 0.411 e. The molecule has 5 N–H and O–H groups in total. The summed E-state index contributed by atoms with van der Waals surface area (Å²) >= 11 is 6.23. The molecule has 1 aliphatic carbocycles. The molecule has 188 valence electrons. The molecule has 1 saturated carbocycles. The third kappa shape index (κ3) is 6.77. The van der Waals surface area contributed by atoms with Crippen molar-refractivity contribution in [2.75, 3.05) is 43.6 Å². The molecule has 4 rings (SSSR count). The summed E-state index contributed by atoms with van der Waals surface area (Å²) in [5.41, 5.74) is 10.2. The third-order valence-electron chi connectivity index (χ3n) is 6.27. The molecule has 0 unspecified atom stereocenters. The first-order valence-corrected chi connectivity index (χ1v) is 12.2. The van der Waals surface area contributed by atoms with Crippen LogP contribution in [0.2, 0.25) is 5.02 Å². The van der Waals surface area contributed by atoms with Crippen molar-refractivity contribution in [2.24, 2.45) is 17.6 Å². The van der Waals surface area contributed by atoms with Crippen LogP contribution in [-0.4, -0.2) is 64.8 Å². The van der Waals surface area contributed by atoms with E-state index >= 15 is 0 Å². The first-order chi connectivity index (χ1) is 16.9. The minimum atomic E-state index is -1.11. The number of morpholine rings is 1. The molecule has 2 fully saturated rings. The molecule has 2 aromatic rings. The van der Waals surface area contributed by atoms with Gasteiger partial charge in [-0.3, -0.25) is 10.4 Å². The van der Waals surface area contributed by atoms with Crippen molar-refractivity contribution in [1.82, 2.24) is 20.0 Å². The lowest BCUT2D eigenvalue weighted by Gasteiger charge is -2.30. The van der Waals surface area contributed by atoms with Gasteiger partial charge >= 0.3 is 6.09 Å². The largest absolute Gasteiger partial charge is 0.411 e. The van der Waals surface area contributed by atoms with Crippen LogP contribution in [0.15, 0.2) is 18.5 Å². The minimum Gasteiger partial charge on any atom is -0.388 e. The van der Waals surface area contributed by atoms with Crippen molar-refractivity contribution in [1.29, 1.82) is 5.41 Å². The Morgan fingerprint density at radius 2 is 2.00 bits per heavy atom. The number of hydrogen-bond donors (Lipinski definition) is 4. The van der Waals surface area contributed by atoms with Gasteiger partial charge in [0.2, 0.25) is 5.82 Å². The fourth-order valence-corrected chi connectivity index (χ4v) is 4.49. The van der Waals surface area contributed by atoms with E-state index in [4.69, 9.17) is 32.2 Å². The number of anilines is 2. The van der Waals surface area contributed by atoms with Crippen molar-refractivity contribution in [2.45, 2.75) is 32.6 Å². The third-order valence-corrected chi connectivity index (χ3v) is 6.48. The van der Waals surface area contributed by atoms with Gasteiger partial charge in [0.05, 0.1) is 18.2 Å². The lowest BCUT2D eigenvalue weighted by atomic mass is 9.83. The van der Waals surface area contributed by atoms with Gasteiger partial charge in [0.15, 0.2) is 5.82 Å². The van der Waals surface area contributed by atoms with Gasteiger partial charge in [-0.05, 0) is 30.7 Å². The van der Waals surface area contributed by atoms with Gasteiger partial charge in [-0.2, -0.15) is 0 Å². The molecule has 0 aromatic carbocycles. The molecule has 3 heterocycles. The highest BCUT2D eigenvalue weighted by molar-refractivity contribution is 6.30. The van der Waals surface area contributed by atoms with Crippen LogP contribution in [0.25, 0.3) is 11.3 Å². The number of nitrogens with two attached hydrogens (primary N) is 1. The maximum absolute atomic E-state index is 11.3. The van der Waals surface area contributed by atoms with Gasteiger partial charge in [0.1, 0.15) is 11.4 Å². The molecule has 0 spiro atoms. The lowest BCUT2D eigenvalue weighted by Crippen LogP contribution is -2.41. The first-order valence-electron chi connectivity index (χ1n) is 11.8. The van der Waals surface area contributed by atoms with Gasteiger partial charge < -0.3 is 25.9 Å². The number of aromatic nitrogens is 3. The Morgan fingerprint density at radius 3 is 2.69 bits per heavy atom. The molecule has 1 saturated heterocycles. The summed E-state index contributed by atoms with van der Waals surface area (Å²) in [4.78, 5) is 24.6. The molecule has 1 amide bonds. The van der Waals surface area contributed by atoms with E-state index in [-0.39, 0.29) is 5.82 Å². The Balaban J connectivity index is 1.73. The van der Waals surface area contributed by atoms with E-state index in [1.54, 1.807) is 12.3 Å². The molecule has 0 bridgehead atoms. The molecule has 2 aromatic heterocycles. The molecular weight excluding hydrogens is 472 g/mol. The summed E-state index contributed by atoms with van der Waals surface area (Å²) in [6.45, 7) is 5.53. The molecule has 2 aliphatic rings. The van der Waals surface area contributed by atoms with Gasteiger partial charge in [0.25, 0.3) is 5.90 Å². The van der Waals surface area contributed by atoms with Crippen LogP contribution in [0, 0.1) is 17.2 Å². The number of nitrogens with zero attached hydrogens (tertiary/aromatic N) is 4. The maximum atomic E-state index is 11.3. The number of halogens is 1. The van der Waals surface area contributed by atoms with E-state index in [0.717, 1.165) is 25.3 Å². The van der Waals surface area contributed by atoms with E-state index < -0.39 is 12.0 Å². The van der Waals surface area contributed by atoms with Crippen LogP contribution in [0.4, 0.5) is 16.3 Å². The number of rotatable bonds is 7. The van der Waals surface area contributed by atoms with Gasteiger partial charge in [-0.1, -0.05) is 31.4 Å². The SMILES string of the molecule is CC1CCC(CNc2c(NN3CCOCC3)nc(C(=N)OC(N)=O)nc2-c2cncc(Cl)c2)CC1. The number of pyridine rings is 1. The van der Waals surface area contributed by atoms with Crippen LogP contribution >= 0.6 is 11.6 Å². The average molecular weight is 503 g/mol. The number of carbonyl (C=O) groups is 1. The average Bonchev–Trinajstić information content (AvgIpc) is 2.84. The zero-order chi connectivity index (χ0) is 24.8. The van der Waals surface area contributed by atoms with Crippen LogP contribution in [0.5, 0.6) is 0 Å². The highest BCUT2D eigenvalue weighted by Gasteiger charge is 2.24. The Labute approximate surface area is 209 Å². The van der Waals surface area contributed by atoms with E-state index in [1.807, 2.05) is 5.01 Å². The van der Waals surface area contributed by atoms with E-state index in [9.17, 15) is 4.79 Å². The number of ether oxygens (including phenoxy) is 2. The van der Waals surface area contributed by atoms with Crippen LogP contribution in [-0.2, 0) is 9.47 Å². The van der Waals surface area contributed by atoms with Gasteiger partial charge in [-0.25, -0.2) is 19.8 Å². The fraction of sp³-hybridized carbons (Fsp3) is 0.522. The lowest BCUT2D eigenvalue weighted by molar-refractivity contribution is 0.0495. The zero-order valence-corrected chi connectivity index (χ0v) is 20.5. The molecule has 12 heteroatoms. The van der Waals surface area contributed by atoms with E-state index in [2.05, 4.69) is 32.6 Å². The summed E-state index contributed by atoms with van der Waals surface area (Å²) in [5, 5.41) is 14.2. The minimum absolute atomic E-state index is 0.0911. The van der Waals surface area contributed by atoms with Crippen LogP contribution in [0.3, 0.4) is 0 Å². The molecule has 11 nitrogen and oxygen atoms in total. The summed E-state index contributed by atoms with van der Waals surface area (Å²) in [5.74, 6) is 1.10.